The minimum absolute atomic E-state index is 0.0552. The molecular formula is C14H15N3O2. The molecule has 98 valence electrons. The summed E-state index contributed by atoms with van der Waals surface area (Å²) in [4.78, 5) is 15.1. The number of carboxylic acid groups (broad SMARTS) is 1. The Morgan fingerprint density at radius 3 is 2.63 bits per heavy atom. The van der Waals surface area contributed by atoms with Crippen LogP contribution in [-0.4, -0.2) is 16.1 Å². The van der Waals surface area contributed by atoms with E-state index >= 15 is 0 Å². The Morgan fingerprint density at radius 2 is 2.05 bits per heavy atom. The summed E-state index contributed by atoms with van der Waals surface area (Å²) in [5.74, 6) is -0.779. The van der Waals surface area contributed by atoms with E-state index in [2.05, 4.69) is 17.2 Å². The average Bonchev–Trinajstić information content (AvgIpc) is 2.41. The summed E-state index contributed by atoms with van der Waals surface area (Å²) < 4.78 is 0. The van der Waals surface area contributed by atoms with Crippen LogP contribution in [0.2, 0.25) is 0 Å². The van der Waals surface area contributed by atoms with Crippen molar-refractivity contribution in [2.24, 2.45) is 0 Å². The lowest BCUT2D eigenvalue weighted by atomic mass is 10.1. The van der Waals surface area contributed by atoms with Gasteiger partial charge in [-0.3, -0.25) is 0 Å². The molecule has 1 aromatic heterocycles. The second kappa shape index (κ2) is 5.39. The van der Waals surface area contributed by atoms with Crippen molar-refractivity contribution in [1.82, 2.24) is 4.98 Å². The van der Waals surface area contributed by atoms with Crippen LogP contribution in [-0.2, 0) is 6.42 Å². The Bertz CT molecular complexity index is 594. The van der Waals surface area contributed by atoms with Crippen LogP contribution in [0.1, 0.15) is 22.8 Å². The quantitative estimate of drug-likeness (QED) is 0.783. The lowest BCUT2D eigenvalue weighted by molar-refractivity contribution is 0.0697. The van der Waals surface area contributed by atoms with Crippen LogP contribution >= 0.6 is 0 Å². The lowest BCUT2D eigenvalue weighted by Gasteiger charge is -2.09. The van der Waals surface area contributed by atoms with E-state index in [0.29, 0.717) is 5.69 Å². The minimum atomic E-state index is -1.06. The van der Waals surface area contributed by atoms with Crippen molar-refractivity contribution < 1.29 is 9.90 Å². The molecule has 4 N–H and O–H groups in total. The third-order valence-corrected chi connectivity index (χ3v) is 2.76. The maximum atomic E-state index is 11.1. The predicted molar refractivity (Wildman–Crippen MR) is 74.7 cm³/mol. The third-order valence-electron chi connectivity index (χ3n) is 2.76. The van der Waals surface area contributed by atoms with Gasteiger partial charge in [-0.1, -0.05) is 19.1 Å². The van der Waals surface area contributed by atoms with Crippen LogP contribution < -0.4 is 11.1 Å². The molecule has 0 saturated heterocycles. The fraction of sp³-hybridized carbons (Fsp3) is 0.143. The monoisotopic (exact) mass is 257 g/mol. The number of carbonyl (C=O) groups is 1. The second-order valence-corrected chi connectivity index (χ2v) is 4.15. The van der Waals surface area contributed by atoms with Crippen molar-refractivity contribution in [2.75, 3.05) is 11.1 Å². The van der Waals surface area contributed by atoms with E-state index in [0.717, 1.165) is 12.1 Å². The molecule has 0 atom stereocenters. The van der Waals surface area contributed by atoms with Gasteiger partial charge >= 0.3 is 5.97 Å². The van der Waals surface area contributed by atoms with E-state index < -0.39 is 5.97 Å². The van der Waals surface area contributed by atoms with Crippen LogP contribution in [0.15, 0.2) is 36.5 Å². The summed E-state index contributed by atoms with van der Waals surface area (Å²) >= 11 is 0. The SMILES string of the molecule is CCc1ccc(Nc2ncc(N)cc2C(=O)O)cc1. The third kappa shape index (κ3) is 3.01. The number of aromatic carboxylic acids is 1. The second-order valence-electron chi connectivity index (χ2n) is 4.15. The highest BCUT2D eigenvalue weighted by molar-refractivity contribution is 5.94. The maximum absolute atomic E-state index is 11.1. The van der Waals surface area contributed by atoms with Crippen molar-refractivity contribution in [3.05, 3.63) is 47.7 Å². The van der Waals surface area contributed by atoms with Gasteiger partial charge in [-0.05, 0) is 30.2 Å². The normalized spacial score (nSPS) is 10.2. The van der Waals surface area contributed by atoms with Crippen molar-refractivity contribution in [1.29, 1.82) is 0 Å². The fourth-order valence-electron chi connectivity index (χ4n) is 1.70. The van der Waals surface area contributed by atoms with Gasteiger partial charge in [0, 0.05) is 5.69 Å². The zero-order valence-corrected chi connectivity index (χ0v) is 10.6. The van der Waals surface area contributed by atoms with E-state index in [9.17, 15) is 4.79 Å². The number of aromatic nitrogens is 1. The molecule has 0 radical (unpaired) electrons. The van der Waals surface area contributed by atoms with Gasteiger partial charge in [0.2, 0.25) is 0 Å². The Kier molecular flexibility index (Phi) is 3.66. The molecule has 2 rings (SSSR count). The fourth-order valence-corrected chi connectivity index (χ4v) is 1.70. The number of pyridine rings is 1. The first-order chi connectivity index (χ1) is 9.10. The standard InChI is InChI=1S/C14H15N3O2/c1-2-9-3-5-11(6-4-9)17-13-12(14(18)19)7-10(15)8-16-13/h3-8H,2,15H2,1H3,(H,16,17)(H,18,19). The molecule has 0 aliphatic rings. The van der Waals surface area contributed by atoms with Crippen LogP contribution in [0, 0.1) is 0 Å². The van der Waals surface area contributed by atoms with E-state index in [1.54, 1.807) is 0 Å². The first-order valence-electron chi connectivity index (χ1n) is 5.95. The van der Waals surface area contributed by atoms with Crippen LogP contribution in [0.5, 0.6) is 0 Å². The van der Waals surface area contributed by atoms with Crippen molar-refractivity contribution >= 4 is 23.2 Å². The number of rotatable bonds is 4. The molecule has 1 heterocycles. The number of hydrogen-bond donors (Lipinski definition) is 3. The smallest absolute Gasteiger partial charge is 0.339 e. The number of benzene rings is 1. The van der Waals surface area contributed by atoms with Gasteiger partial charge in [0.25, 0.3) is 0 Å². The summed E-state index contributed by atoms with van der Waals surface area (Å²) in [5, 5.41) is 12.1. The first-order valence-corrected chi connectivity index (χ1v) is 5.95. The van der Waals surface area contributed by atoms with Crippen molar-refractivity contribution in [2.45, 2.75) is 13.3 Å². The van der Waals surface area contributed by atoms with Gasteiger partial charge in [-0.25, -0.2) is 9.78 Å². The van der Waals surface area contributed by atoms with Gasteiger partial charge in [-0.2, -0.15) is 0 Å². The van der Waals surface area contributed by atoms with E-state index in [1.807, 2.05) is 24.3 Å². The topological polar surface area (TPSA) is 88.2 Å². The van der Waals surface area contributed by atoms with Gasteiger partial charge in [-0.15, -0.1) is 0 Å². The molecule has 0 fully saturated rings. The zero-order chi connectivity index (χ0) is 13.8. The van der Waals surface area contributed by atoms with Gasteiger partial charge in [0.05, 0.1) is 11.9 Å². The molecule has 0 saturated carbocycles. The molecule has 0 amide bonds. The number of anilines is 3. The minimum Gasteiger partial charge on any atom is -0.478 e. The molecule has 0 aliphatic heterocycles. The molecule has 2 aromatic rings. The Hall–Kier alpha value is -2.56. The highest BCUT2D eigenvalue weighted by Crippen LogP contribution is 2.21. The molecule has 5 heteroatoms. The Balaban J connectivity index is 2.29. The Labute approximate surface area is 111 Å². The largest absolute Gasteiger partial charge is 0.478 e. The van der Waals surface area contributed by atoms with E-state index in [-0.39, 0.29) is 11.4 Å². The number of hydrogen-bond acceptors (Lipinski definition) is 4. The van der Waals surface area contributed by atoms with Gasteiger partial charge in [0.15, 0.2) is 0 Å². The van der Waals surface area contributed by atoms with Gasteiger partial charge in [0.1, 0.15) is 11.4 Å². The average molecular weight is 257 g/mol. The number of carboxylic acids is 1. The number of nitrogen functional groups attached to an aromatic ring is 1. The molecule has 0 spiro atoms. The maximum Gasteiger partial charge on any atom is 0.339 e. The van der Waals surface area contributed by atoms with Crippen molar-refractivity contribution in [3.8, 4) is 0 Å². The van der Waals surface area contributed by atoms with E-state index in [1.165, 1.54) is 17.8 Å². The number of nitrogens with zero attached hydrogens (tertiary/aromatic N) is 1. The molecular weight excluding hydrogens is 242 g/mol. The molecule has 0 unspecified atom stereocenters. The van der Waals surface area contributed by atoms with Crippen molar-refractivity contribution in [3.63, 3.8) is 0 Å². The molecule has 0 aliphatic carbocycles. The molecule has 0 bridgehead atoms. The first kappa shape index (κ1) is 12.9. The summed E-state index contributed by atoms with van der Waals surface area (Å²) in [6.07, 6.45) is 2.38. The van der Waals surface area contributed by atoms with Gasteiger partial charge < -0.3 is 16.2 Å². The summed E-state index contributed by atoms with van der Waals surface area (Å²) in [7, 11) is 0. The summed E-state index contributed by atoms with van der Waals surface area (Å²) in [5.41, 5.74) is 7.93. The number of aryl methyl sites for hydroxylation is 1. The Morgan fingerprint density at radius 1 is 1.37 bits per heavy atom. The molecule has 19 heavy (non-hydrogen) atoms. The van der Waals surface area contributed by atoms with E-state index in [4.69, 9.17) is 10.8 Å². The number of nitrogens with two attached hydrogens (primary N) is 1. The van der Waals surface area contributed by atoms with Crippen LogP contribution in [0.4, 0.5) is 17.2 Å². The number of nitrogens with one attached hydrogen (secondary N) is 1. The highest BCUT2D eigenvalue weighted by Gasteiger charge is 2.12. The lowest BCUT2D eigenvalue weighted by Crippen LogP contribution is -2.06. The van der Waals surface area contributed by atoms with Crippen LogP contribution in [0.25, 0.3) is 0 Å². The zero-order valence-electron chi connectivity index (χ0n) is 10.6. The molecule has 1 aromatic carbocycles. The summed E-state index contributed by atoms with van der Waals surface area (Å²) in [6.45, 7) is 2.08. The predicted octanol–water partition coefficient (Wildman–Crippen LogP) is 2.67. The highest BCUT2D eigenvalue weighted by atomic mass is 16.4. The van der Waals surface area contributed by atoms with Crippen LogP contribution in [0.3, 0.4) is 0 Å². The molecule has 5 nitrogen and oxygen atoms in total. The summed E-state index contributed by atoms with van der Waals surface area (Å²) in [6, 6.07) is 9.14.